The van der Waals surface area contributed by atoms with Gasteiger partial charge < -0.3 is 15.1 Å². The van der Waals surface area contributed by atoms with E-state index in [2.05, 4.69) is 15.3 Å². The van der Waals surface area contributed by atoms with E-state index in [1.807, 2.05) is 16.7 Å². The van der Waals surface area contributed by atoms with Crippen LogP contribution in [0.15, 0.2) is 35.5 Å². The molecule has 3 rings (SSSR count). The molecule has 0 spiro atoms. The van der Waals surface area contributed by atoms with Gasteiger partial charge in [-0.3, -0.25) is 9.59 Å². The molecule has 1 aliphatic heterocycles. The van der Waals surface area contributed by atoms with Crippen LogP contribution >= 0.6 is 23.4 Å². The molecule has 0 bridgehead atoms. The molecule has 1 atom stereocenters. The molecule has 1 saturated heterocycles. The van der Waals surface area contributed by atoms with E-state index in [0.29, 0.717) is 30.6 Å². The number of hydrogen-bond acceptors (Lipinski definition) is 6. The Morgan fingerprint density at radius 1 is 1.31 bits per heavy atom. The Labute approximate surface area is 177 Å². The average Bonchev–Trinajstić information content (AvgIpc) is 2.67. The van der Waals surface area contributed by atoms with E-state index in [9.17, 15) is 14.0 Å². The topological polar surface area (TPSA) is 78.4 Å². The second kappa shape index (κ2) is 9.41. The van der Waals surface area contributed by atoms with Crippen LogP contribution < -0.4 is 10.2 Å². The van der Waals surface area contributed by atoms with Crippen LogP contribution in [0.1, 0.15) is 13.8 Å². The highest BCUT2D eigenvalue weighted by molar-refractivity contribution is 7.99. The minimum absolute atomic E-state index is 0.0165. The minimum Gasteiger partial charge on any atom is -0.353 e. The van der Waals surface area contributed by atoms with E-state index in [1.54, 1.807) is 25.1 Å². The molecule has 1 aliphatic rings. The van der Waals surface area contributed by atoms with Gasteiger partial charge in [0.05, 0.1) is 11.4 Å². The van der Waals surface area contributed by atoms with E-state index < -0.39 is 5.82 Å². The number of aromatic nitrogens is 2. The highest BCUT2D eigenvalue weighted by Crippen LogP contribution is 2.24. The maximum absolute atomic E-state index is 13.6. The van der Waals surface area contributed by atoms with Gasteiger partial charge in [-0.25, -0.2) is 14.4 Å². The Balaban J connectivity index is 1.63. The highest BCUT2D eigenvalue weighted by atomic mass is 35.5. The monoisotopic (exact) mass is 437 g/mol. The van der Waals surface area contributed by atoms with Crippen molar-refractivity contribution < 1.29 is 14.0 Å². The SMILES string of the molecule is CC(=O)N1CCN(c2cc(Cl)nc(SCC(=O)Nc3ccccc3F)n2)CC1C. The number of carbonyl (C=O) groups excluding carboxylic acids is 2. The molecule has 0 saturated carbocycles. The molecule has 29 heavy (non-hydrogen) atoms. The second-order valence-electron chi connectivity index (χ2n) is 6.66. The van der Waals surface area contributed by atoms with E-state index in [1.165, 1.54) is 12.1 Å². The zero-order chi connectivity index (χ0) is 21.0. The Morgan fingerprint density at radius 2 is 2.07 bits per heavy atom. The summed E-state index contributed by atoms with van der Waals surface area (Å²) in [5.41, 5.74) is 0.128. The fraction of sp³-hybridized carbons (Fsp3) is 0.368. The Hall–Kier alpha value is -2.39. The summed E-state index contributed by atoms with van der Waals surface area (Å²) in [6.07, 6.45) is 0. The zero-order valence-corrected chi connectivity index (χ0v) is 17.6. The van der Waals surface area contributed by atoms with Gasteiger partial charge in [-0.2, -0.15) is 0 Å². The number of rotatable bonds is 5. The first-order valence-corrected chi connectivity index (χ1v) is 10.4. The van der Waals surface area contributed by atoms with Gasteiger partial charge in [0.15, 0.2) is 5.16 Å². The molecule has 2 aromatic rings. The maximum atomic E-state index is 13.6. The molecule has 1 N–H and O–H groups in total. The summed E-state index contributed by atoms with van der Waals surface area (Å²) in [4.78, 5) is 36.3. The van der Waals surface area contributed by atoms with Crippen LogP contribution in [0.5, 0.6) is 0 Å². The summed E-state index contributed by atoms with van der Waals surface area (Å²) in [6.45, 7) is 5.42. The number of benzene rings is 1. The first-order valence-electron chi connectivity index (χ1n) is 9.07. The van der Waals surface area contributed by atoms with Crippen LogP contribution in [-0.2, 0) is 9.59 Å². The number of anilines is 2. The number of carbonyl (C=O) groups is 2. The summed E-state index contributed by atoms with van der Waals surface area (Å²) >= 11 is 7.26. The highest BCUT2D eigenvalue weighted by Gasteiger charge is 2.26. The molecular weight excluding hydrogens is 417 g/mol. The van der Waals surface area contributed by atoms with Crippen molar-refractivity contribution in [3.63, 3.8) is 0 Å². The molecule has 7 nitrogen and oxygen atoms in total. The van der Waals surface area contributed by atoms with Crippen molar-refractivity contribution in [2.75, 3.05) is 35.6 Å². The van der Waals surface area contributed by atoms with Gasteiger partial charge in [-0.05, 0) is 19.1 Å². The molecule has 2 amide bonds. The maximum Gasteiger partial charge on any atom is 0.234 e. The number of para-hydroxylation sites is 1. The van der Waals surface area contributed by atoms with Crippen molar-refractivity contribution in [1.82, 2.24) is 14.9 Å². The van der Waals surface area contributed by atoms with Gasteiger partial charge in [0.25, 0.3) is 0 Å². The van der Waals surface area contributed by atoms with Gasteiger partial charge in [-0.15, -0.1) is 0 Å². The quantitative estimate of drug-likeness (QED) is 0.440. The number of hydrogen-bond donors (Lipinski definition) is 1. The third-order valence-corrected chi connectivity index (χ3v) is 5.54. The predicted molar refractivity (Wildman–Crippen MR) is 112 cm³/mol. The van der Waals surface area contributed by atoms with Crippen LogP contribution in [0.25, 0.3) is 0 Å². The van der Waals surface area contributed by atoms with E-state index >= 15 is 0 Å². The second-order valence-corrected chi connectivity index (χ2v) is 7.99. The Kier molecular flexibility index (Phi) is 6.92. The normalized spacial score (nSPS) is 16.6. The van der Waals surface area contributed by atoms with E-state index in [-0.39, 0.29) is 34.4 Å². The van der Waals surface area contributed by atoms with Crippen molar-refractivity contribution in [2.45, 2.75) is 25.0 Å². The average molecular weight is 438 g/mol. The van der Waals surface area contributed by atoms with Crippen molar-refractivity contribution in [1.29, 1.82) is 0 Å². The molecule has 10 heteroatoms. The molecule has 1 aromatic heterocycles. The fourth-order valence-corrected chi connectivity index (χ4v) is 4.01. The lowest BCUT2D eigenvalue weighted by Gasteiger charge is -2.40. The Morgan fingerprint density at radius 3 is 2.76 bits per heavy atom. The van der Waals surface area contributed by atoms with Crippen LogP contribution in [0.4, 0.5) is 15.9 Å². The first-order chi connectivity index (χ1) is 13.8. The number of amides is 2. The number of nitrogens with zero attached hydrogens (tertiary/aromatic N) is 4. The third kappa shape index (κ3) is 5.57. The number of halogens is 2. The minimum atomic E-state index is -0.494. The first kappa shape index (κ1) is 21.3. The van der Waals surface area contributed by atoms with Crippen molar-refractivity contribution >= 4 is 46.7 Å². The largest absolute Gasteiger partial charge is 0.353 e. The molecule has 1 fully saturated rings. The van der Waals surface area contributed by atoms with Crippen LogP contribution in [-0.4, -0.2) is 58.1 Å². The summed E-state index contributed by atoms with van der Waals surface area (Å²) < 4.78 is 13.6. The van der Waals surface area contributed by atoms with Crippen LogP contribution in [0, 0.1) is 5.82 Å². The molecule has 0 aliphatic carbocycles. The molecular formula is C19H21ClFN5O2S. The third-order valence-electron chi connectivity index (χ3n) is 4.50. The molecule has 1 aromatic carbocycles. The zero-order valence-electron chi connectivity index (χ0n) is 16.1. The number of nitrogens with one attached hydrogen (secondary N) is 1. The Bertz CT molecular complexity index is 916. The molecule has 1 unspecified atom stereocenters. The standard InChI is InChI=1S/C19H21ClFN5O2S/c1-12-10-25(7-8-26(12)13(2)27)17-9-16(20)23-19(24-17)29-11-18(28)22-15-6-4-3-5-14(15)21/h3-6,9,12H,7-8,10-11H2,1-2H3,(H,22,28). The lowest BCUT2D eigenvalue weighted by molar-refractivity contribution is -0.131. The predicted octanol–water partition coefficient (Wildman–Crippen LogP) is 3.06. The lowest BCUT2D eigenvalue weighted by Crippen LogP contribution is -2.53. The summed E-state index contributed by atoms with van der Waals surface area (Å²) in [7, 11) is 0. The van der Waals surface area contributed by atoms with Gasteiger partial charge >= 0.3 is 0 Å². The number of thioether (sulfide) groups is 1. The van der Waals surface area contributed by atoms with Crippen molar-refractivity contribution in [3.05, 3.63) is 41.3 Å². The molecule has 154 valence electrons. The van der Waals surface area contributed by atoms with E-state index in [0.717, 1.165) is 11.8 Å². The van der Waals surface area contributed by atoms with E-state index in [4.69, 9.17) is 11.6 Å². The van der Waals surface area contributed by atoms with Gasteiger partial charge in [-0.1, -0.05) is 35.5 Å². The molecule has 0 radical (unpaired) electrons. The van der Waals surface area contributed by atoms with Crippen LogP contribution in [0.3, 0.4) is 0 Å². The van der Waals surface area contributed by atoms with Gasteiger partial charge in [0.2, 0.25) is 11.8 Å². The molecule has 2 heterocycles. The van der Waals surface area contributed by atoms with Gasteiger partial charge in [0, 0.05) is 38.7 Å². The van der Waals surface area contributed by atoms with Crippen molar-refractivity contribution in [2.24, 2.45) is 0 Å². The summed E-state index contributed by atoms with van der Waals surface area (Å²) in [6, 6.07) is 7.69. The van der Waals surface area contributed by atoms with Gasteiger partial charge in [0.1, 0.15) is 16.8 Å². The van der Waals surface area contributed by atoms with Crippen LogP contribution in [0.2, 0.25) is 5.15 Å². The lowest BCUT2D eigenvalue weighted by atomic mass is 10.2. The summed E-state index contributed by atoms with van der Waals surface area (Å²) in [5, 5.41) is 3.15. The van der Waals surface area contributed by atoms with Crippen molar-refractivity contribution in [3.8, 4) is 0 Å². The summed E-state index contributed by atoms with van der Waals surface area (Å²) in [5.74, 6) is -0.144. The number of piperazine rings is 1. The smallest absolute Gasteiger partial charge is 0.234 e. The fourth-order valence-electron chi connectivity index (χ4n) is 3.12.